The van der Waals surface area contributed by atoms with Crippen LogP contribution in [0.25, 0.3) is 0 Å². The Labute approximate surface area is 114 Å². The van der Waals surface area contributed by atoms with Gasteiger partial charge in [-0.2, -0.15) is 0 Å². The molecule has 1 aliphatic heterocycles. The minimum atomic E-state index is -0.285. The topological polar surface area (TPSA) is 59.1 Å². The third-order valence-corrected chi connectivity index (χ3v) is 3.06. The molecule has 0 N–H and O–H groups in total. The smallest absolute Gasteiger partial charge is 0.320 e. The Morgan fingerprint density at radius 2 is 2.11 bits per heavy atom. The predicted octanol–water partition coefficient (Wildman–Crippen LogP) is 0.119. The zero-order valence-electron chi connectivity index (χ0n) is 12.1. The second-order valence-corrected chi connectivity index (χ2v) is 4.63. The molecule has 1 unspecified atom stereocenters. The lowest BCUT2D eigenvalue weighted by Gasteiger charge is -2.32. The lowest BCUT2D eigenvalue weighted by atomic mass is 10.3. The van der Waals surface area contributed by atoms with Gasteiger partial charge in [0.2, 0.25) is 5.91 Å². The summed E-state index contributed by atoms with van der Waals surface area (Å²) < 4.78 is 10.3. The Bertz CT molecular complexity index is 309. The van der Waals surface area contributed by atoms with Crippen LogP contribution in [0.15, 0.2) is 0 Å². The molecule has 0 spiro atoms. The Kier molecular flexibility index (Phi) is 6.80. The summed E-state index contributed by atoms with van der Waals surface area (Å²) in [5.74, 6) is -0.242. The Morgan fingerprint density at radius 3 is 2.68 bits per heavy atom. The third kappa shape index (κ3) is 5.57. The van der Waals surface area contributed by atoms with Gasteiger partial charge in [-0.1, -0.05) is 6.92 Å². The zero-order valence-corrected chi connectivity index (χ0v) is 12.1. The number of carbonyl (C=O) groups is 2. The van der Waals surface area contributed by atoms with E-state index in [0.29, 0.717) is 32.8 Å². The molecule has 0 aliphatic carbocycles. The predicted molar refractivity (Wildman–Crippen MR) is 70.7 cm³/mol. The molecule has 1 heterocycles. The van der Waals surface area contributed by atoms with Crippen molar-refractivity contribution in [1.29, 1.82) is 0 Å². The van der Waals surface area contributed by atoms with Crippen LogP contribution in [0.3, 0.4) is 0 Å². The largest absolute Gasteiger partial charge is 0.465 e. The molecular formula is C13H24N2O4. The summed E-state index contributed by atoms with van der Waals surface area (Å²) in [6, 6.07) is 0. The maximum atomic E-state index is 12.1. The fourth-order valence-corrected chi connectivity index (χ4v) is 2.00. The molecule has 6 heteroatoms. The minimum Gasteiger partial charge on any atom is -0.465 e. The molecule has 0 radical (unpaired) electrons. The van der Waals surface area contributed by atoms with Gasteiger partial charge in [0.25, 0.3) is 0 Å². The van der Waals surface area contributed by atoms with Crippen molar-refractivity contribution < 1.29 is 19.1 Å². The van der Waals surface area contributed by atoms with E-state index in [9.17, 15) is 9.59 Å². The molecular weight excluding hydrogens is 248 g/mol. The molecule has 0 aromatic heterocycles. The molecule has 0 aromatic carbocycles. The third-order valence-electron chi connectivity index (χ3n) is 3.06. The van der Waals surface area contributed by atoms with Gasteiger partial charge in [-0.15, -0.1) is 0 Å². The fourth-order valence-electron chi connectivity index (χ4n) is 2.00. The van der Waals surface area contributed by atoms with Crippen LogP contribution in [0, 0.1) is 0 Å². The van der Waals surface area contributed by atoms with Crippen LogP contribution >= 0.6 is 0 Å². The molecule has 1 aliphatic rings. The van der Waals surface area contributed by atoms with Crippen LogP contribution in [0.5, 0.6) is 0 Å². The van der Waals surface area contributed by atoms with Gasteiger partial charge in [-0.3, -0.25) is 14.5 Å². The first-order chi connectivity index (χ1) is 9.06. The quantitative estimate of drug-likeness (QED) is 0.643. The molecule has 1 saturated heterocycles. The first-order valence-electron chi connectivity index (χ1n) is 6.84. The summed E-state index contributed by atoms with van der Waals surface area (Å²) in [5.41, 5.74) is 0. The van der Waals surface area contributed by atoms with E-state index in [2.05, 4.69) is 0 Å². The van der Waals surface area contributed by atoms with Crippen LogP contribution in [0.2, 0.25) is 0 Å². The van der Waals surface area contributed by atoms with Gasteiger partial charge in [0.1, 0.15) is 0 Å². The number of esters is 1. The maximum absolute atomic E-state index is 12.1. The van der Waals surface area contributed by atoms with Crippen LogP contribution < -0.4 is 0 Å². The van der Waals surface area contributed by atoms with Gasteiger partial charge in [0, 0.05) is 13.1 Å². The summed E-state index contributed by atoms with van der Waals surface area (Å²) in [4.78, 5) is 27.1. The SMILES string of the molecule is CCOC(=O)CN(CC)CC(=O)N1CCOC(C)C1. The first kappa shape index (κ1) is 15.9. The average molecular weight is 272 g/mol. The van der Waals surface area contributed by atoms with Crippen LogP contribution in [-0.4, -0.2) is 73.7 Å². The highest BCUT2D eigenvalue weighted by atomic mass is 16.5. The van der Waals surface area contributed by atoms with E-state index in [0.717, 1.165) is 0 Å². The average Bonchev–Trinajstić information content (AvgIpc) is 2.38. The van der Waals surface area contributed by atoms with Crippen molar-refractivity contribution in [1.82, 2.24) is 9.80 Å². The van der Waals surface area contributed by atoms with Gasteiger partial charge in [0.05, 0.1) is 32.4 Å². The van der Waals surface area contributed by atoms with Crippen LogP contribution in [0.4, 0.5) is 0 Å². The summed E-state index contributed by atoms with van der Waals surface area (Å²) in [6.07, 6.45) is 0.0813. The van der Waals surface area contributed by atoms with E-state index in [1.165, 1.54) is 0 Å². The van der Waals surface area contributed by atoms with Crippen molar-refractivity contribution in [2.45, 2.75) is 26.9 Å². The zero-order chi connectivity index (χ0) is 14.3. The van der Waals surface area contributed by atoms with Crippen LogP contribution in [0.1, 0.15) is 20.8 Å². The summed E-state index contributed by atoms with van der Waals surface area (Å²) in [6.45, 7) is 8.90. The summed E-state index contributed by atoms with van der Waals surface area (Å²) in [5, 5.41) is 0. The maximum Gasteiger partial charge on any atom is 0.320 e. The van der Waals surface area contributed by atoms with Crippen molar-refractivity contribution in [3.63, 3.8) is 0 Å². The molecule has 0 saturated carbocycles. The standard InChI is InChI=1S/C13H24N2O4/c1-4-14(10-13(17)18-5-2)9-12(16)15-6-7-19-11(3)8-15/h11H,4-10H2,1-3H3. The molecule has 0 bridgehead atoms. The molecule has 19 heavy (non-hydrogen) atoms. The molecule has 1 amide bonds. The second-order valence-electron chi connectivity index (χ2n) is 4.63. The Balaban J connectivity index is 2.41. The first-order valence-corrected chi connectivity index (χ1v) is 6.84. The number of rotatable bonds is 6. The van der Waals surface area contributed by atoms with E-state index >= 15 is 0 Å². The van der Waals surface area contributed by atoms with Gasteiger partial charge in [0.15, 0.2) is 0 Å². The van der Waals surface area contributed by atoms with Gasteiger partial charge >= 0.3 is 5.97 Å². The number of likely N-dealkylation sites (N-methyl/N-ethyl adjacent to an activating group) is 1. The summed E-state index contributed by atoms with van der Waals surface area (Å²) >= 11 is 0. The van der Waals surface area contributed by atoms with E-state index in [4.69, 9.17) is 9.47 Å². The minimum absolute atomic E-state index is 0.0429. The lowest BCUT2D eigenvalue weighted by Crippen LogP contribution is -2.49. The van der Waals surface area contributed by atoms with Gasteiger partial charge in [-0.25, -0.2) is 0 Å². The van der Waals surface area contributed by atoms with Crippen molar-refractivity contribution >= 4 is 11.9 Å². The number of hydrogen-bond donors (Lipinski definition) is 0. The molecule has 1 fully saturated rings. The van der Waals surface area contributed by atoms with E-state index in [1.807, 2.05) is 13.8 Å². The highest BCUT2D eigenvalue weighted by molar-refractivity contribution is 5.79. The van der Waals surface area contributed by atoms with Crippen molar-refractivity contribution in [2.75, 3.05) is 45.9 Å². The van der Waals surface area contributed by atoms with Gasteiger partial charge < -0.3 is 14.4 Å². The number of carbonyl (C=O) groups excluding carboxylic acids is 2. The molecule has 1 rings (SSSR count). The highest BCUT2D eigenvalue weighted by Crippen LogP contribution is 2.05. The molecule has 0 aromatic rings. The molecule has 110 valence electrons. The van der Waals surface area contributed by atoms with Crippen LogP contribution in [-0.2, 0) is 19.1 Å². The summed E-state index contributed by atoms with van der Waals surface area (Å²) in [7, 11) is 0. The number of morpholine rings is 1. The molecule has 6 nitrogen and oxygen atoms in total. The number of amides is 1. The second kappa shape index (κ2) is 8.12. The number of nitrogens with zero attached hydrogens (tertiary/aromatic N) is 2. The van der Waals surface area contributed by atoms with Gasteiger partial charge in [-0.05, 0) is 20.4 Å². The fraction of sp³-hybridized carbons (Fsp3) is 0.846. The van der Waals surface area contributed by atoms with E-state index < -0.39 is 0 Å². The lowest BCUT2D eigenvalue weighted by molar-refractivity contribution is -0.146. The van der Waals surface area contributed by atoms with E-state index in [-0.39, 0.29) is 31.1 Å². The van der Waals surface area contributed by atoms with Crippen molar-refractivity contribution in [2.24, 2.45) is 0 Å². The molecule has 1 atom stereocenters. The van der Waals surface area contributed by atoms with Crippen molar-refractivity contribution in [3.8, 4) is 0 Å². The Hall–Kier alpha value is -1.14. The van der Waals surface area contributed by atoms with E-state index in [1.54, 1.807) is 16.7 Å². The number of ether oxygens (including phenoxy) is 2. The normalized spacial score (nSPS) is 19.6. The monoisotopic (exact) mass is 272 g/mol. The highest BCUT2D eigenvalue weighted by Gasteiger charge is 2.23. The number of hydrogen-bond acceptors (Lipinski definition) is 5. The Morgan fingerprint density at radius 1 is 1.37 bits per heavy atom. The van der Waals surface area contributed by atoms with Crippen molar-refractivity contribution in [3.05, 3.63) is 0 Å².